The van der Waals surface area contributed by atoms with E-state index in [0.29, 0.717) is 10.6 Å². The van der Waals surface area contributed by atoms with Gasteiger partial charge in [0.25, 0.3) is 11.8 Å². The van der Waals surface area contributed by atoms with Gasteiger partial charge < -0.3 is 24.7 Å². The van der Waals surface area contributed by atoms with Crippen LogP contribution in [0.15, 0.2) is 34.1 Å². The van der Waals surface area contributed by atoms with Gasteiger partial charge in [-0.05, 0) is 50.3 Å². The average Bonchev–Trinajstić information content (AvgIpc) is 3.50. The van der Waals surface area contributed by atoms with Gasteiger partial charge in [-0.1, -0.05) is 25.3 Å². The minimum absolute atomic E-state index is 0.00196. The number of aryl methyl sites for hydroxylation is 1. The molecule has 1 fully saturated rings. The fraction of sp³-hybridized carbons (Fsp3) is 0.500. The van der Waals surface area contributed by atoms with Crippen molar-refractivity contribution in [3.63, 3.8) is 0 Å². The average molecular weight is 490 g/mol. The Morgan fingerprint density at radius 3 is 2.56 bits per heavy atom. The molecule has 0 saturated heterocycles. The van der Waals surface area contributed by atoms with Crippen molar-refractivity contribution in [2.24, 2.45) is 0 Å². The molecule has 1 aliphatic carbocycles. The zero-order valence-electron chi connectivity index (χ0n) is 19.5. The van der Waals surface area contributed by atoms with Crippen LogP contribution >= 0.6 is 11.3 Å². The lowest BCUT2D eigenvalue weighted by Gasteiger charge is -2.31. The van der Waals surface area contributed by atoms with Crippen LogP contribution in [0.5, 0.6) is 0 Å². The van der Waals surface area contributed by atoms with Gasteiger partial charge in [0, 0.05) is 6.04 Å². The fourth-order valence-corrected chi connectivity index (χ4v) is 4.61. The Labute approximate surface area is 202 Å². The summed E-state index contributed by atoms with van der Waals surface area (Å²) in [5.74, 6) is -1.28. The first-order chi connectivity index (χ1) is 16.4. The quantitative estimate of drug-likeness (QED) is 0.496. The van der Waals surface area contributed by atoms with Gasteiger partial charge in [0.1, 0.15) is 18.1 Å². The maximum absolute atomic E-state index is 13.4. The van der Waals surface area contributed by atoms with E-state index in [2.05, 4.69) is 10.6 Å². The summed E-state index contributed by atoms with van der Waals surface area (Å²) in [5.41, 5.74) is 0. The third-order valence-corrected chi connectivity index (χ3v) is 6.48. The monoisotopic (exact) mass is 489 g/mol. The maximum atomic E-state index is 13.4. The Hall–Kier alpha value is -3.14. The number of esters is 1. The summed E-state index contributed by atoms with van der Waals surface area (Å²) in [6, 6.07) is 5.52. The smallest absolute Gasteiger partial charge is 0.325 e. The Morgan fingerprint density at radius 1 is 1.18 bits per heavy atom. The zero-order valence-corrected chi connectivity index (χ0v) is 20.3. The standard InChI is InChI=1S/C24H31N3O6S/c1-3-32-21(29)15-27(20(28)14-25-23(30)19-10-7-13-34-19)22(18-12-11-16(2)33-18)24(31)26-17-8-5-4-6-9-17/h7,10-13,17,22H,3-6,8-9,14-15H2,1-2H3,(H,25,30)(H,26,31). The van der Waals surface area contributed by atoms with Gasteiger partial charge >= 0.3 is 5.97 Å². The van der Waals surface area contributed by atoms with E-state index >= 15 is 0 Å². The van der Waals surface area contributed by atoms with E-state index in [0.717, 1.165) is 37.0 Å². The number of nitrogens with one attached hydrogen (secondary N) is 2. The maximum Gasteiger partial charge on any atom is 0.325 e. The van der Waals surface area contributed by atoms with Crippen LogP contribution in [0.3, 0.4) is 0 Å². The number of ether oxygens (including phenoxy) is 1. The van der Waals surface area contributed by atoms with Crippen LogP contribution in [0.1, 0.15) is 66.3 Å². The lowest BCUT2D eigenvalue weighted by Crippen LogP contribution is -2.51. The second kappa shape index (κ2) is 12.4. The lowest BCUT2D eigenvalue weighted by atomic mass is 9.95. The van der Waals surface area contributed by atoms with Gasteiger partial charge in [0.2, 0.25) is 5.91 Å². The lowest BCUT2D eigenvalue weighted by molar-refractivity contribution is -0.152. The number of carbonyl (C=O) groups excluding carboxylic acids is 4. The predicted molar refractivity (Wildman–Crippen MR) is 126 cm³/mol. The molecule has 2 aromatic rings. The molecule has 1 aliphatic rings. The highest BCUT2D eigenvalue weighted by molar-refractivity contribution is 7.12. The molecule has 34 heavy (non-hydrogen) atoms. The minimum atomic E-state index is -1.17. The van der Waals surface area contributed by atoms with Crippen LogP contribution in [0.2, 0.25) is 0 Å². The molecule has 3 amide bonds. The van der Waals surface area contributed by atoms with E-state index in [9.17, 15) is 19.2 Å². The SMILES string of the molecule is CCOC(=O)CN(C(=O)CNC(=O)c1cccs1)C(C(=O)NC1CCCCC1)c1ccc(C)o1. The van der Waals surface area contributed by atoms with E-state index in [1.54, 1.807) is 43.5 Å². The van der Waals surface area contributed by atoms with E-state index in [4.69, 9.17) is 9.15 Å². The molecule has 2 heterocycles. The van der Waals surface area contributed by atoms with Crippen LogP contribution in [-0.2, 0) is 19.1 Å². The second-order valence-electron chi connectivity index (χ2n) is 8.18. The van der Waals surface area contributed by atoms with Gasteiger partial charge in [0.05, 0.1) is 18.0 Å². The molecule has 9 nitrogen and oxygen atoms in total. The van der Waals surface area contributed by atoms with Crippen molar-refractivity contribution in [2.75, 3.05) is 19.7 Å². The number of carbonyl (C=O) groups is 4. The highest BCUT2D eigenvalue weighted by Gasteiger charge is 2.36. The van der Waals surface area contributed by atoms with Crippen molar-refractivity contribution < 1.29 is 28.3 Å². The summed E-state index contributed by atoms with van der Waals surface area (Å²) in [5, 5.41) is 7.35. The van der Waals surface area contributed by atoms with Crippen molar-refractivity contribution in [3.8, 4) is 0 Å². The Balaban J connectivity index is 1.83. The molecule has 2 N–H and O–H groups in total. The van der Waals surface area contributed by atoms with Crippen LogP contribution in [0.25, 0.3) is 0 Å². The molecule has 0 radical (unpaired) electrons. The Bertz CT molecular complexity index is 981. The van der Waals surface area contributed by atoms with E-state index in [1.807, 2.05) is 0 Å². The largest absolute Gasteiger partial charge is 0.465 e. The van der Waals surface area contributed by atoms with Crippen LogP contribution in [-0.4, -0.2) is 54.3 Å². The third kappa shape index (κ3) is 6.93. The van der Waals surface area contributed by atoms with Gasteiger partial charge in [-0.15, -0.1) is 11.3 Å². The molecular formula is C24H31N3O6S. The second-order valence-corrected chi connectivity index (χ2v) is 9.13. The first kappa shape index (κ1) is 25.5. The molecule has 0 aliphatic heterocycles. The van der Waals surface area contributed by atoms with Crippen LogP contribution < -0.4 is 10.6 Å². The molecule has 3 rings (SSSR count). The zero-order chi connectivity index (χ0) is 24.5. The normalized spacial score (nSPS) is 14.8. The molecule has 2 aromatic heterocycles. The van der Waals surface area contributed by atoms with Crippen LogP contribution in [0.4, 0.5) is 0 Å². The van der Waals surface area contributed by atoms with E-state index < -0.39 is 36.3 Å². The van der Waals surface area contributed by atoms with E-state index in [1.165, 1.54) is 11.3 Å². The van der Waals surface area contributed by atoms with Crippen molar-refractivity contribution in [1.29, 1.82) is 0 Å². The number of nitrogens with zero attached hydrogens (tertiary/aromatic N) is 1. The first-order valence-electron chi connectivity index (χ1n) is 11.5. The molecule has 0 aromatic carbocycles. The van der Waals surface area contributed by atoms with Gasteiger partial charge in [-0.2, -0.15) is 0 Å². The molecule has 1 atom stereocenters. The van der Waals surface area contributed by atoms with Gasteiger partial charge in [0.15, 0.2) is 6.04 Å². The number of amides is 3. The summed E-state index contributed by atoms with van der Waals surface area (Å²) in [4.78, 5) is 53.0. The summed E-state index contributed by atoms with van der Waals surface area (Å²) >= 11 is 1.25. The molecular weight excluding hydrogens is 458 g/mol. The third-order valence-electron chi connectivity index (χ3n) is 5.61. The highest BCUT2D eigenvalue weighted by Crippen LogP contribution is 2.26. The summed E-state index contributed by atoms with van der Waals surface area (Å²) < 4.78 is 10.8. The Morgan fingerprint density at radius 2 is 1.94 bits per heavy atom. The number of hydrogen-bond donors (Lipinski definition) is 2. The number of rotatable bonds is 10. The molecule has 184 valence electrons. The first-order valence-corrected chi connectivity index (χ1v) is 12.4. The molecule has 10 heteroatoms. The summed E-state index contributed by atoms with van der Waals surface area (Å²) in [6.07, 6.45) is 4.90. The van der Waals surface area contributed by atoms with E-state index in [-0.39, 0.29) is 25.0 Å². The predicted octanol–water partition coefficient (Wildman–Crippen LogP) is 2.96. The topological polar surface area (TPSA) is 118 Å². The molecule has 1 saturated carbocycles. The number of furan rings is 1. The Kier molecular flexibility index (Phi) is 9.26. The number of hydrogen-bond acceptors (Lipinski definition) is 7. The van der Waals surface area contributed by atoms with Crippen LogP contribution in [0, 0.1) is 6.92 Å². The number of thiophene rings is 1. The van der Waals surface area contributed by atoms with Gasteiger partial charge in [-0.3, -0.25) is 19.2 Å². The minimum Gasteiger partial charge on any atom is -0.465 e. The highest BCUT2D eigenvalue weighted by atomic mass is 32.1. The summed E-state index contributed by atoms with van der Waals surface area (Å²) in [7, 11) is 0. The van der Waals surface area contributed by atoms with Crippen molar-refractivity contribution in [1.82, 2.24) is 15.5 Å². The van der Waals surface area contributed by atoms with Gasteiger partial charge in [-0.25, -0.2) is 0 Å². The molecule has 1 unspecified atom stereocenters. The molecule has 0 bridgehead atoms. The molecule has 0 spiro atoms. The van der Waals surface area contributed by atoms with Crippen molar-refractivity contribution in [2.45, 2.75) is 58.0 Å². The van der Waals surface area contributed by atoms with Crippen molar-refractivity contribution in [3.05, 3.63) is 46.0 Å². The summed E-state index contributed by atoms with van der Waals surface area (Å²) in [6.45, 7) is 2.69. The fourth-order valence-electron chi connectivity index (χ4n) is 3.97. The van der Waals surface area contributed by atoms with Crippen molar-refractivity contribution >= 4 is 35.0 Å².